The van der Waals surface area contributed by atoms with E-state index in [2.05, 4.69) is 63.6 Å². The third-order valence-electron chi connectivity index (χ3n) is 9.17. The van der Waals surface area contributed by atoms with Gasteiger partial charge in [-0.05, 0) is 44.2 Å². The highest BCUT2D eigenvalue weighted by atomic mass is 16.3. The Bertz CT molecular complexity index is 1780. The summed E-state index contributed by atoms with van der Waals surface area (Å²) in [6.45, 7) is 4.79. The van der Waals surface area contributed by atoms with Gasteiger partial charge >= 0.3 is 0 Å². The average Bonchev–Trinajstić information content (AvgIpc) is 3.59. The van der Waals surface area contributed by atoms with Gasteiger partial charge in [0.2, 0.25) is 11.9 Å². The Balaban J connectivity index is 1.22. The molecule has 2 aliphatic carbocycles. The van der Waals surface area contributed by atoms with Crippen LogP contribution in [0.25, 0.3) is 11.2 Å². The Morgan fingerprint density at radius 3 is 2.28 bits per heavy atom. The van der Waals surface area contributed by atoms with Crippen molar-refractivity contribution >= 4 is 28.8 Å². The van der Waals surface area contributed by atoms with E-state index in [1.807, 2.05) is 48.9 Å². The van der Waals surface area contributed by atoms with Gasteiger partial charge in [-0.25, -0.2) is 9.97 Å². The van der Waals surface area contributed by atoms with Gasteiger partial charge in [-0.1, -0.05) is 60.7 Å². The van der Waals surface area contributed by atoms with Crippen molar-refractivity contribution in [2.24, 2.45) is 5.92 Å². The van der Waals surface area contributed by atoms with Crippen LogP contribution < -0.4 is 16.0 Å². The Labute approximate surface area is 273 Å². The molecule has 3 heterocycles. The molecular formula is C35H41N9O3. The molecule has 3 aromatic heterocycles. The number of anilines is 2. The SMILES string of the molecule is CC(C)n1cnc(CCNc2nc(NC(c3ccccc3)c3ccccc3)c3ncn([C@@H]4C[C@H](NC(=O)C5CC5)[C@@H](O)[C@H]4O)c3n2)c1. The number of imidazole rings is 2. The van der Waals surface area contributed by atoms with Crippen LogP contribution in [0.1, 0.15) is 68.1 Å². The van der Waals surface area contributed by atoms with Gasteiger partial charge in [0.05, 0.1) is 36.5 Å². The fourth-order valence-corrected chi connectivity index (χ4v) is 6.29. The van der Waals surface area contributed by atoms with Crippen molar-refractivity contribution in [3.63, 3.8) is 0 Å². The van der Waals surface area contributed by atoms with Gasteiger partial charge in [-0.3, -0.25) is 4.79 Å². The van der Waals surface area contributed by atoms with Gasteiger partial charge in [0.1, 0.15) is 12.2 Å². The predicted octanol–water partition coefficient (Wildman–Crippen LogP) is 4.02. The molecule has 2 fully saturated rings. The molecule has 1 amide bonds. The second-order valence-electron chi connectivity index (χ2n) is 12.9. The van der Waals surface area contributed by atoms with Gasteiger partial charge in [0.25, 0.3) is 0 Å². The fraction of sp³-hybridized carbons (Fsp3) is 0.400. The highest BCUT2D eigenvalue weighted by molar-refractivity contribution is 5.85. The zero-order valence-electron chi connectivity index (χ0n) is 26.6. The normalized spacial score (nSPS) is 21.1. The van der Waals surface area contributed by atoms with Gasteiger partial charge in [-0.15, -0.1) is 0 Å². The average molecular weight is 636 g/mol. The smallest absolute Gasteiger partial charge is 0.226 e. The lowest BCUT2D eigenvalue weighted by Crippen LogP contribution is -2.43. The lowest BCUT2D eigenvalue weighted by molar-refractivity contribution is -0.123. The van der Waals surface area contributed by atoms with Crippen LogP contribution in [0.4, 0.5) is 11.8 Å². The van der Waals surface area contributed by atoms with Crippen LogP contribution in [0.5, 0.6) is 0 Å². The van der Waals surface area contributed by atoms with E-state index in [1.165, 1.54) is 0 Å². The molecule has 7 rings (SSSR count). The molecule has 2 saturated carbocycles. The van der Waals surface area contributed by atoms with E-state index < -0.39 is 24.3 Å². The number of rotatable bonds is 12. The number of aliphatic hydroxyl groups is 2. The van der Waals surface area contributed by atoms with Crippen molar-refractivity contribution in [1.82, 2.24) is 34.4 Å². The number of carbonyl (C=O) groups excluding carboxylic acids is 1. The maximum atomic E-state index is 12.5. The van der Waals surface area contributed by atoms with E-state index in [0.717, 1.165) is 29.7 Å². The van der Waals surface area contributed by atoms with Crippen molar-refractivity contribution in [2.45, 2.75) is 75.9 Å². The zero-order valence-corrected chi connectivity index (χ0v) is 26.6. The molecule has 0 saturated heterocycles. The second kappa shape index (κ2) is 13.1. The van der Waals surface area contributed by atoms with E-state index in [4.69, 9.17) is 15.0 Å². The lowest BCUT2D eigenvalue weighted by Gasteiger charge is -2.22. The summed E-state index contributed by atoms with van der Waals surface area (Å²) in [6, 6.07) is 19.3. The lowest BCUT2D eigenvalue weighted by atomic mass is 9.99. The summed E-state index contributed by atoms with van der Waals surface area (Å²) in [5.41, 5.74) is 4.13. The van der Waals surface area contributed by atoms with Gasteiger partial charge in [0, 0.05) is 31.1 Å². The molecule has 4 atom stereocenters. The molecule has 0 spiro atoms. The minimum absolute atomic E-state index is 0.00350. The van der Waals surface area contributed by atoms with E-state index in [9.17, 15) is 15.0 Å². The van der Waals surface area contributed by atoms with Crippen molar-refractivity contribution < 1.29 is 15.0 Å². The summed E-state index contributed by atoms with van der Waals surface area (Å²) in [5.74, 6) is 0.869. The van der Waals surface area contributed by atoms with E-state index >= 15 is 0 Å². The molecule has 2 aromatic carbocycles. The number of carbonyl (C=O) groups is 1. The number of amides is 1. The second-order valence-corrected chi connectivity index (χ2v) is 12.9. The van der Waals surface area contributed by atoms with Crippen LogP contribution in [-0.2, 0) is 11.2 Å². The topological polar surface area (TPSA) is 155 Å². The Morgan fingerprint density at radius 1 is 0.936 bits per heavy atom. The maximum Gasteiger partial charge on any atom is 0.226 e. The summed E-state index contributed by atoms with van der Waals surface area (Å²) in [5, 5.41) is 32.1. The zero-order chi connectivity index (χ0) is 32.5. The van der Waals surface area contributed by atoms with Crippen LogP contribution >= 0.6 is 0 Å². The van der Waals surface area contributed by atoms with Crippen LogP contribution in [-0.4, -0.2) is 70.0 Å². The molecule has 12 nitrogen and oxygen atoms in total. The van der Waals surface area contributed by atoms with Gasteiger partial charge < -0.3 is 35.3 Å². The molecule has 5 aromatic rings. The first-order valence-corrected chi connectivity index (χ1v) is 16.4. The number of nitrogens with one attached hydrogen (secondary N) is 3. The van der Waals surface area contributed by atoms with E-state index in [0.29, 0.717) is 48.4 Å². The fourth-order valence-electron chi connectivity index (χ4n) is 6.29. The monoisotopic (exact) mass is 635 g/mol. The van der Waals surface area contributed by atoms with Crippen LogP contribution in [0.3, 0.4) is 0 Å². The molecule has 0 bridgehead atoms. The first kappa shape index (κ1) is 30.8. The molecular weight excluding hydrogens is 594 g/mol. The number of aliphatic hydroxyl groups excluding tert-OH is 2. The molecule has 2 aliphatic rings. The van der Waals surface area contributed by atoms with Crippen LogP contribution in [0.2, 0.25) is 0 Å². The summed E-state index contributed by atoms with van der Waals surface area (Å²) < 4.78 is 3.88. The van der Waals surface area contributed by atoms with Crippen molar-refractivity contribution in [3.8, 4) is 0 Å². The number of hydrogen-bond donors (Lipinski definition) is 5. The standard InChI is InChI=1S/C35H41N9O3/c1-21(2)43-18-25(37-19-43)15-16-36-35-41-32(40-28(22-9-5-3-6-10-22)23-11-7-4-8-12-23)29-33(42-35)44(20-38-29)27-17-26(30(45)31(27)46)39-34(47)24-13-14-24/h3-12,18-21,24,26-28,30-31,45-46H,13-17H2,1-2H3,(H,39,47)(H2,36,40,41,42)/t26-,27+,30+,31-/m0/s1. The van der Waals surface area contributed by atoms with Crippen molar-refractivity contribution in [3.05, 3.63) is 96.3 Å². The first-order valence-electron chi connectivity index (χ1n) is 16.4. The number of nitrogens with zero attached hydrogens (tertiary/aromatic N) is 6. The molecule has 47 heavy (non-hydrogen) atoms. The number of hydrogen-bond acceptors (Lipinski definition) is 9. The third kappa shape index (κ3) is 6.56. The summed E-state index contributed by atoms with van der Waals surface area (Å²) in [7, 11) is 0. The van der Waals surface area contributed by atoms with Gasteiger partial charge in [-0.2, -0.15) is 9.97 Å². The minimum Gasteiger partial charge on any atom is -0.388 e. The molecule has 12 heteroatoms. The van der Waals surface area contributed by atoms with Crippen LogP contribution in [0, 0.1) is 5.92 Å². The summed E-state index contributed by atoms with van der Waals surface area (Å²) >= 11 is 0. The Kier molecular flexibility index (Phi) is 8.61. The maximum absolute atomic E-state index is 12.5. The largest absolute Gasteiger partial charge is 0.388 e. The molecule has 0 radical (unpaired) electrons. The molecule has 0 aliphatic heterocycles. The number of benzene rings is 2. The Hall–Kier alpha value is -4.81. The molecule has 0 unspecified atom stereocenters. The molecule has 5 N–H and O–H groups in total. The number of aromatic nitrogens is 6. The highest BCUT2D eigenvalue weighted by Gasteiger charge is 2.45. The van der Waals surface area contributed by atoms with E-state index in [-0.39, 0.29) is 17.9 Å². The van der Waals surface area contributed by atoms with Gasteiger partial charge in [0.15, 0.2) is 17.0 Å². The van der Waals surface area contributed by atoms with E-state index in [1.54, 1.807) is 10.9 Å². The van der Waals surface area contributed by atoms with Crippen molar-refractivity contribution in [1.29, 1.82) is 0 Å². The quantitative estimate of drug-likeness (QED) is 0.137. The summed E-state index contributed by atoms with van der Waals surface area (Å²) in [6.07, 6.45) is 6.06. The third-order valence-corrected chi connectivity index (χ3v) is 9.17. The predicted molar refractivity (Wildman–Crippen MR) is 179 cm³/mol. The minimum atomic E-state index is -1.11. The van der Waals surface area contributed by atoms with Crippen molar-refractivity contribution in [2.75, 3.05) is 17.2 Å². The Morgan fingerprint density at radius 2 is 1.64 bits per heavy atom. The first-order chi connectivity index (χ1) is 22.9. The highest BCUT2D eigenvalue weighted by Crippen LogP contribution is 2.37. The summed E-state index contributed by atoms with van der Waals surface area (Å²) in [4.78, 5) is 31.6. The van der Waals surface area contributed by atoms with Crippen LogP contribution in [0.15, 0.2) is 79.5 Å². The molecule has 244 valence electrons. The number of fused-ring (bicyclic) bond motifs is 1.